The summed E-state index contributed by atoms with van der Waals surface area (Å²) in [5.74, 6) is 0.696. The first-order valence-electron chi connectivity index (χ1n) is 7.76. The van der Waals surface area contributed by atoms with Crippen LogP contribution >= 0.6 is 0 Å². The van der Waals surface area contributed by atoms with E-state index in [2.05, 4.69) is 12.2 Å². The van der Waals surface area contributed by atoms with Gasteiger partial charge in [-0.3, -0.25) is 4.79 Å². The van der Waals surface area contributed by atoms with Crippen LogP contribution in [0.3, 0.4) is 0 Å². The van der Waals surface area contributed by atoms with Crippen molar-refractivity contribution in [2.75, 3.05) is 12.4 Å². The van der Waals surface area contributed by atoms with Gasteiger partial charge in [-0.2, -0.15) is 0 Å². The van der Waals surface area contributed by atoms with Crippen LogP contribution in [0, 0.1) is 13.8 Å². The second kappa shape index (κ2) is 7.63. The number of aryl methyl sites for hydroxylation is 3. The van der Waals surface area contributed by atoms with E-state index in [1.54, 1.807) is 13.2 Å². The Morgan fingerprint density at radius 2 is 1.74 bits per heavy atom. The summed E-state index contributed by atoms with van der Waals surface area (Å²) in [6.07, 6.45) is 4.40. The van der Waals surface area contributed by atoms with E-state index in [1.165, 1.54) is 5.56 Å². The highest BCUT2D eigenvalue weighted by molar-refractivity contribution is 6.02. The molecule has 1 N–H and O–H groups in total. The number of ether oxygens (including phenoxy) is 1. The van der Waals surface area contributed by atoms with Crippen molar-refractivity contribution in [2.45, 2.75) is 27.2 Å². The fraction of sp³-hybridized carbons (Fsp3) is 0.250. The van der Waals surface area contributed by atoms with Crippen molar-refractivity contribution in [3.05, 3.63) is 64.7 Å². The smallest absolute Gasteiger partial charge is 0.248 e. The van der Waals surface area contributed by atoms with Crippen LogP contribution in [0.5, 0.6) is 5.75 Å². The van der Waals surface area contributed by atoms with Crippen molar-refractivity contribution in [1.29, 1.82) is 0 Å². The van der Waals surface area contributed by atoms with E-state index in [4.69, 9.17) is 4.74 Å². The molecule has 0 aliphatic heterocycles. The highest BCUT2D eigenvalue weighted by atomic mass is 16.5. The molecule has 0 unspecified atom stereocenters. The highest BCUT2D eigenvalue weighted by Crippen LogP contribution is 2.22. The molecule has 0 saturated heterocycles. The molecule has 3 heteroatoms. The molecule has 0 aliphatic rings. The van der Waals surface area contributed by atoms with E-state index in [-0.39, 0.29) is 5.91 Å². The van der Waals surface area contributed by atoms with E-state index in [0.717, 1.165) is 34.5 Å². The van der Waals surface area contributed by atoms with Gasteiger partial charge in [-0.05, 0) is 72.9 Å². The third-order valence-electron chi connectivity index (χ3n) is 3.83. The van der Waals surface area contributed by atoms with Gasteiger partial charge in [-0.15, -0.1) is 0 Å². The van der Waals surface area contributed by atoms with Gasteiger partial charge in [0.05, 0.1) is 7.11 Å². The second-order valence-corrected chi connectivity index (χ2v) is 5.55. The van der Waals surface area contributed by atoms with Crippen LogP contribution in [0.25, 0.3) is 6.08 Å². The van der Waals surface area contributed by atoms with E-state index in [1.807, 2.05) is 56.3 Å². The fourth-order valence-corrected chi connectivity index (χ4v) is 2.48. The first kappa shape index (κ1) is 16.8. The maximum absolute atomic E-state index is 12.1. The number of anilines is 1. The molecule has 0 heterocycles. The van der Waals surface area contributed by atoms with E-state index in [9.17, 15) is 4.79 Å². The minimum Gasteiger partial charge on any atom is -0.497 e. The number of hydrogen-bond donors (Lipinski definition) is 1. The average molecular weight is 309 g/mol. The standard InChI is InChI=1S/C20H23NO2/c1-5-16-6-8-17(9-7-16)21-20(22)11-10-19-14(2)12-18(23-4)13-15(19)3/h6-13H,5H2,1-4H3,(H,21,22)/b11-10+. The second-order valence-electron chi connectivity index (χ2n) is 5.55. The topological polar surface area (TPSA) is 38.3 Å². The quantitative estimate of drug-likeness (QED) is 0.824. The van der Waals surface area contributed by atoms with Crippen molar-refractivity contribution in [3.8, 4) is 5.75 Å². The summed E-state index contributed by atoms with van der Waals surface area (Å²) in [7, 11) is 1.65. The molecule has 23 heavy (non-hydrogen) atoms. The normalized spacial score (nSPS) is 10.8. The Hall–Kier alpha value is -2.55. The minimum absolute atomic E-state index is 0.135. The van der Waals surface area contributed by atoms with Gasteiger partial charge in [0.2, 0.25) is 5.91 Å². The molecular formula is C20H23NO2. The molecule has 1 amide bonds. The van der Waals surface area contributed by atoms with Gasteiger partial charge in [-0.1, -0.05) is 19.1 Å². The zero-order chi connectivity index (χ0) is 16.8. The maximum atomic E-state index is 12.1. The number of carbonyl (C=O) groups is 1. The van der Waals surface area contributed by atoms with Crippen LogP contribution in [0.2, 0.25) is 0 Å². The van der Waals surface area contributed by atoms with Crippen molar-refractivity contribution < 1.29 is 9.53 Å². The monoisotopic (exact) mass is 309 g/mol. The molecule has 2 aromatic rings. The van der Waals surface area contributed by atoms with E-state index < -0.39 is 0 Å². The largest absolute Gasteiger partial charge is 0.497 e. The molecule has 0 atom stereocenters. The maximum Gasteiger partial charge on any atom is 0.248 e. The molecule has 2 rings (SSSR count). The van der Waals surface area contributed by atoms with Gasteiger partial charge in [0.25, 0.3) is 0 Å². The molecule has 0 bridgehead atoms. The summed E-state index contributed by atoms with van der Waals surface area (Å²) < 4.78 is 5.25. The van der Waals surface area contributed by atoms with Crippen LogP contribution in [-0.2, 0) is 11.2 Å². The van der Waals surface area contributed by atoms with Crippen LogP contribution < -0.4 is 10.1 Å². The van der Waals surface area contributed by atoms with Gasteiger partial charge in [0.15, 0.2) is 0 Å². The van der Waals surface area contributed by atoms with Crippen LogP contribution in [0.1, 0.15) is 29.2 Å². The third kappa shape index (κ3) is 4.46. The summed E-state index contributed by atoms with van der Waals surface area (Å²) >= 11 is 0. The van der Waals surface area contributed by atoms with Gasteiger partial charge < -0.3 is 10.1 Å². The predicted octanol–water partition coefficient (Wildman–Crippen LogP) is 4.53. The summed E-state index contributed by atoms with van der Waals surface area (Å²) in [4.78, 5) is 12.1. The Morgan fingerprint density at radius 1 is 1.13 bits per heavy atom. The molecule has 120 valence electrons. The fourth-order valence-electron chi connectivity index (χ4n) is 2.48. The van der Waals surface area contributed by atoms with Crippen molar-refractivity contribution in [2.24, 2.45) is 0 Å². The molecule has 0 aliphatic carbocycles. The summed E-state index contributed by atoms with van der Waals surface area (Å²) in [6, 6.07) is 11.8. The molecule has 0 saturated carbocycles. The van der Waals surface area contributed by atoms with Crippen LogP contribution in [-0.4, -0.2) is 13.0 Å². The van der Waals surface area contributed by atoms with Crippen molar-refractivity contribution in [3.63, 3.8) is 0 Å². The van der Waals surface area contributed by atoms with E-state index >= 15 is 0 Å². The summed E-state index contributed by atoms with van der Waals surface area (Å²) in [5.41, 5.74) is 5.27. The van der Waals surface area contributed by atoms with Gasteiger partial charge in [0, 0.05) is 11.8 Å². The summed E-state index contributed by atoms with van der Waals surface area (Å²) in [6.45, 7) is 6.13. The number of rotatable bonds is 5. The number of benzene rings is 2. The first-order valence-corrected chi connectivity index (χ1v) is 7.76. The van der Waals surface area contributed by atoms with Crippen molar-refractivity contribution in [1.82, 2.24) is 0 Å². The Kier molecular flexibility index (Phi) is 5.58. The number of amides is 1. The molecule has 0 aromatic heterocycles. The lowest BCUT2D eigenvalue weighted by Gasteiger charge is -2.09. The Balaban J connectivity index is 2.08. The molecule has 0 radical (unpaired) electrons. The van der Waals surface area contributed by atoms with Crippen LogP contribution in [0.15, 0.2) is 42.5 Å². The Bertz CT molecular complexity index is 692. The molecule has 2 aromatic carbocycles. The Morgan fingerprint density at radius 3 is 2.26 bits per heavy atom. The molecular weight excluding hydrogens is 286 g/mol. The Labute approximate surface area is 138 Å². The molecule has 0 spiro atoms. The number of nitrogens with one attached hydrogen (secondary N) is 1. The van der Waals surface area contributed by atoms with E-state index in [0.29, 0.717) is 0 Å². The SMILES string of the molecule is CCc1ccc(NC(=O)/C=C/c2c(C)cc(OC)cc2C)cc1. The van der Waals surface area contributed by atoms with Crippen molar-refractivity contribution >= 4 is 17.7 Å². The number of methoxy groups -OCH3 is 1. The first-order chi connectivity index (χ1) is 11.0. The van der Waals surface area contributed by atoms with Gasteiger partial charge in [0.1, 0.15) is 5.75 Å². The van der Waals surface area contributed by atoms with Crippen LogP contribution in [0.4, 0.5) is 5.69 Å². The number of carbonyl (C=O) groups excluding carboxylic acids is 1. The molecule has 3 nitrogen and oxygen atoms in total. The van der Waals surface area contributed by atoms with Gasteiger partial charge >= 0.3 is 0 Å². The molecule has 0 fully saturated rings. The zero-order valence-corrected chi connectivity index (χ0v) is 14.1. The average Bonchev–Trinajstić information content (AvgIpc) is 2.54. The lowest BCUT2D eigenvalue weighted by atomic mass is 10.0. The zero-order valence-electron chi connectivity index (χ0n) is 14.1. The predicted molar refractivity (Wildman–Crippen MR) is 96.0 cm³/mol. The lowest BCUT2D eigenvalue weighted by molar-refractivity contribution is -0.111. The number of hydrogen-bond acceptors (Lipinski definition) is 2. The summed E-state index contributed by atoms with van der Waals surface area (Å²) in [5, 5.41) is 2.87. The highest BCUT2D eigenvalue weighted by Gasteiger charge is 2.04. The van der Waals surface area contributed by atoms with Gasteiger partial charge in [-0.25, -0.2) is 0 Å². The minimum atomic E-state index is -0.135. The lowest BCUT2D eigenvalue weighted by Crippen LogP contribution is -2.07. The third-order valence-corrected chi connectivity index (χ3v) is 3.83.